The molecule has 0 spiro atoms. The Morgan fingerprint density at radius 1 is 1.12 bits per heavy atom. The molecule has 2 aromatic carbocycles. The average Bonchev–Trinajstić information content (AvgIpc) is 3.04. The molecule has 0 saturated heterocycles. The molecule has 1 atom stereocenters. The highest BCUT2D eigenvalue weighted by Crippen LogP contribution is 2.23. The molecule has 0 aliphatic heterocycles. The van der Waals surface area contributed by atoms with E-state index in [2.05, 4.69) is 11.4 Å². The lowest BCUT2D eigenvalue weighted by Crippen LogP contribution is -2.30. The Morgan fingerprint density at radius 2 is 1.84 bits per heavy atom. The molecule has 5 heteroatoms. The topological polar surface area (TPSA) is 55.4 Å². The average molecular weight is 341 g/mol. The smallest absolute Gasteiger partial charge is 0.311 e. The number of hydrogen-bond donors (Lipinski definition) is 1. The molecule has 0 heterocycles. The molecule has 3 rings (SSSR count). The molecule has 1 aliphatic carbocycles. The summed E-state index contributed by atoms with van der Waals surface area (Å²) in [6.45, 7) is 1.51. The van der Waals surface area contributed by atoms with Gasteiger partial charge in [-0.05, 0) is 67.1 Å². The van der Waals surface area contributed by atoms with E-state index in [9.17, 15) is 14.0 Å². The van der Waals surface area contributed by atoms with Gasteiger partial charge in [-0.3, -0.25) is 9.59 Å². The van der Waals surface area contributed by atoms with Crippen molar-refractivity contribution in [2.24, 2.45) is 0 Å². The Balaban J connectivity index is 1.53. The highest BCUT2D eigenvalue weighted by Gasteiger charge is 2.19. The summed E-state index contributed by atoms with van der Waals surface area (Å²) in [5, 5.41) is 2.59. The number of amides is 1. The summed E-state index contributed by atoms with van der Waals surface area (Å²) in [5.74, 6) is -1.28. The molecular formula is C20H20FNO3. The molecule has 1 N–H and O–H groups in total. The number of benzene rings is 2. The first kappa shape index (κ1) is 17.1. The number of nitrogens with one attached hydrogen (secondary N) is 1. The number of carbonyl (C=O) groups is 2. The number of halogens is 1. The van der Waals surface area contributed by atoms with E-state index in [1.165, 1.54) is 42.3 Å². The summed E-state index contributed by atoms with van der Waals surface area (Å²) in [7, 11) is 0. The van der Waals surface area contributed by atoms with Crippen LogP contribution >= 0.6 is 0 Å². The van der Waals surface area contributed by atoms with Crippen LogP contribution in [0.1, 0.15) is 30.0 Å². The van der Waals surface area contributed by atoms with Gasteiger partial charge in [-0.25, -0.2) is 4.39 Å². The molecule has 4 nitrogen and oxygen atoms in total. The number of carbonyl (C=O) groups excluding carboxylic acids is 2. The highest BCUT2D eigenvalue weighted by molar-refractivity contribution is 5.95. The predicted molar refractivity (Wildman–Crippen MR) is 92.8 cm³/mol. The molecule has 1 amide bonds. The Kier molecular flexibility index (Phi) is 5.12. The lowest BCUT2D eigenvalue weighted by Gasteiger charge is -2.14. The first-order chi connectivity index (χ1) is 12.0. The van der Waals surface area contributed by atoms with E-state index in [1.54, 1.807) is 0 Å². The van der Waals surface area contributed by atoms with E-state index in [1.807, 2.05) is 12.1 Å². The number of anilines is 1. The number of rotatable bonds is 5. The predicted octanol–water partition coefficient (Wildman–Crippen LogP) is 3.43. The minimum absolute atomic E-state index is 0.140. The summed E-state index contributed by atoms with van der Waals surface area (Å²) in [4.78, 5) is 24.1. The first-order valence-corrected chi connectivity index (χ1v) is 8.38. The number of esters is 1. The van der Waals surface area contributed by atoms with Crippen molar-refractivity contribution in [3.05, 3.63) is 65.0 Å². The van der Waals surface area contributed by atoms with E-state index in [-0.39, 0.29) is 12.2 Å². The molecule has 0 aromatic heterocycles. The van der Waals surface area contributed by atoms with Crippen molar-refractivity contribution in [3.63, 3.8) is 0 Å². The fourth-order valence-corrected chi connectivity index (χ4v) is 2.97. The number of aryl methyl sites for hydroxylation is 2. The molecule has 0 fully saturated rings. The monoisotopic (exact) mass is 341 g/mol. The van der Waals surface area contributed by atoms with Crippen LogP contribution in [0.5, 0.6) is 0 Å². The number of ether oxygens (including phenoxy) is 1. The summed E-state index contributed by atoms with van der Waals surface area (Å²) >= 11 is 0. The van der Waals surface area contributed by atoms with Crippen LogP contribution in [0.4, 0.5) is 10.1 Å². The van der Waals surface area contributed by atoms with Crippen LogP contribution in [0.25, 0.3) is 0 Å². The minimum Gasteiger partial charge on any atom is -0.452 e. The van der Waals surface area contributed by atoms with Gasteiger partial charge in [0.25, 0.3) is 5.91 Å². The fourth-order valence-electron chi connectivity index (χ4n) is 2.97. The maximum Gasteiger partial charge on any atom is 0.311 e. The van der Waals surface area contributed by atoms with Crippen molar-refractivity contribution >= 4 is 17.6 Å². The Morgan fingerprint density at radius 3 is 2.60 bits per heavy atom. The third-order valence-corrected chi connectivity index (χ3v) is 4.30. The summed E-state index contributed by atoms with van der Waals surface area (Å²) in [5.41, 5.74) is 4.00. The van der Waals surface area contributed by atoms with E-state index in [0.29, 0.717) is 5.69 Å². The van der Waals surface area contributed by atoms with Crippen LogP contribution in [0.2, 0.25) is 0 Å². The number of fused-ring (bicyclic) bond motifs is 1. The maximum absolute atomic E-state index is 12.9. The van der Waals surface area contributed by atoms with Crippen molar-refractivity contribution in [2.45, 2.75) is 38.7 Å². The zero-order valence-corrected chi connectivity index (χ0v) is 14.0. The molecular weight excluding hydrogens is 321 g/mol. The lowest BCUT2D eigenvalue weighted by molar-refractivity contribution is -0.152. The van der Waals surface area contributed by atoms with Gasteiger partial charge in [-0.2, -0.15) is 0 Å². The van der Waals surface area contributed by atoms with Crippen molar-refractivity contribution in [1.29, 1.82) is 0 Å². The van der Waals surface area contributed by atoms with E-state index in [4.69, 9.17) is 4.74 Å². The number of hydrogen-bond acceptors (Lipinski definition) is 3. The second-order valence-corrected chi connectivity index (χ2v) is 6.26. The SMILES string of the molecule is C[C@H](OC(=O)Cc1ccc2c(c1)CCC2)C(=O)Nc1ccc(F)cc1. The first-order valence-electron chi connectivity index (χ1n) is 8.38. The van der Waals surface area contributed by atoms with Gasteiger partial charge in [0.1, 0.15) is 5.82 Å². The Bertz CT molecular complexity index is 786. The third kappa shape index (κ3) is 4.44. The summed E-state index contributed by atoms with van der Waals surface area (Å²) < 4.78 is 18.1. The lowest BCUT2D eigenvalue weighted by atomic mass is 10.0. The standard InChI is InChI=1S/C20H20FNO3/c1-13(20(24)22-18-9-7-17(21)8-10-18)25-19(23)12-14-5-6-15-3-2-4-16(15)11-14/h5-11,13H,2-4,12H2,1H3,(H,22,24)/t13-/m0/s1. The van der Waals surface area contributed by atoms with Gasteiger partial charge in [0, 0.05) is 5.69 Å². The van der Waals surface area contributed by atoms with Crippen LogP contribution in [-0.2, 0) is 33.6 Å². The van der Waals surface area contributed by atoms with Crippen molar-refractivity contribution in [2.75, 3.05) is 5.32 Å². The molecule has 0 saturated carbocycles. The van der Waals surface area contributed by atoms with Gasteiger partial charge in [0.05, 0.1) is 6.42 Å². The van der Waals surface area contributed by atoms with E-state index >= 15 is 0 Å². The normalized spacial score (nSPS) is 13.8. The van der Waals surface area contributed by atoms with Crippen LogP contribution in [0.3, 0.4) is 0 Å². The van der Waals surface area contributed by atoms with Crippen LogP contribution < -0.4 is 5.32 Å². The second-order valence-electron chi connectivity index (χ2n) is 6.26. The summed E-state index contributed by atoms with van der Waals surface area (Å²) in [6, 6.07) is 11.5. The third-order valence-electron chi connectivity index (χ3n) is 4.30. The molecule has 1 aliphatic rings. The van der Waals surface area contributed by atoms with Crippen molar-refractivity contribution in [3.8, 4) is 0 Å². The molecule has 0 bridgehead atoms. The van der Waals surface area contributed by atoms with E-state index in [0.717, 1.165) is 24.8 Å². The van der Waals surface area contributed by atoms with Gasteiger partial charge in [0.2, 0.25) is 0 Å². The molecule has 0 radical (unpaired) electrons. The van der Waals surface area contributed by atoms with Crippen LogP contribution in [-0.4, -0.2) is 18.0 Å². The largest absolute Gasteiger partial charge is 0.452 e. The summed E-state index contributed by atoms with van der Waals surface area (Å²) in [6.07, 6.45) is 2.52. The van der Waals surface area contributed by atoms with Gasteiger partial charge in [0.15, 0.2) is 6.10 Å². The zero-order chi connectivity index (χ0) is 17.8. The Hall–Kier alpha value is -2.69. The molecule has 0 unspecified atom stereocenters. The van der Waals surface area contributed by atoms with Gasteiger partial charge in [-0.15, -0.1) is 0 Å². The van der Waals surface area contributed by atoms with Crippen LogP contribution in [0.15, 0.2) is 42.5 Å². The zero-order valence-electron chi connectivity index (χ0n) is 14.0. The minimum atomic E-state index is -0.924. The molecule has 130 valence electrons. The fraction of sp³-hybridized carbons (Fsp3) is 0.300. The molecule has 2 aromatic rings. The van der Waals surface area contributed by atoms with Crippen molar-refractivity contribution < 1.29 is 18.7 Å². The highest BCUT2D eigenvalue weighted by atomic mass is 19.1. The van der Waals surface area contributed by atoms with Gasteiger partial charge >= 0.3 is 5.97 Å². The van der Waals surface area contributed by atoms with Gasteiger partial charge in [-0.1, -0.05) is 18.2 Å². The van der Waals surface area contributed by atoms with Gasteiger partial charge < -0.3 is 10.1 Å². The quantitative estimate of drug-likeness (QED) is 0.848. The van der Waals surface area contributed by atoms with E-state index < -0.39 is 18.0 Å². The second kappa shape index (κ2) is 7.47. The Labute approximate surface area is 146 Å². The molecule has 25 heavy (non-hydrogen) atoms. The van der Waals surface area contributed by atoms with Crippen molar-refractivity contribution in [1.82, 2.24) is 0 Å². The maximum atomic E-state index is 12.9. The van der Waals surface area contributed by atoms with Crippen LogP contribution in [0, 0.1) is 5.82 Å².